The third-order valence-electron chi connectivity index (χ3n) is 5.20. The van der Waals surface area contributed by atoms with Gasteiger partial charge in [0, 0.05) is 17.5 Å². The van der Waals surface area contributed by atoms with E-state index in [1.165, 1.54) is 35.8 Å². The zero-order chi connectivity index (χ0) is 23.6. The molecule has 32 heavy (non-hydrogen) atoms. The number of thiophene rings is 1. The number of rotatable bonds is 6. The molecule has 0 aliphatic carbocycles. The Labute approximate surface area is 196 Å². The van der Waals surface area contributed by atoms with Crippen LogP contribution in [-0.2, 0) is 22.0 Å². The van der Waals surface area contributed by atoms with Gasteiger partial charge >= 0.3 is 5.97 Å². The van der Waals surface area contributed by atoms with E-state index in [2.05, 4.69) is 48.4 Å². The van der Waals surface area contributed by atoms with Crippen LogP contribution in [0, 0.1) is 13.8 Å². The molecule has 170 valence electrons. The quantitative estimate of drug-likeness (QED) is 0.402. The highest BCUT2D eigenvalue weighted by Crippen LogP contribution is 2.33. The summed E-state index contributed by atoms with van der Waals surface area (Å²) in [6.45, 7) is 10.3. The first kappa shape index (κ1) is 24.0. The lowest BCUT2D eigenvalue weighted by molar-refractivity contribution is -0.113. The van der Waals surface area contributed by atoms with E-state index in [-0.39, 0.29) is 17.1 Å². The molecule has 1 aromatic carbocycles. The molecule has 0 atom stereocenters. The molecule has 0 saturated carbocycles. The van der Waals surface area contributed by atoms with Crippen molar-refractivity contribution >= 4 is 40.0 Å². The number of benzene rings is 1. The summed E-state index contributed by atoms with van der Waals surface area (Å²) < 4.78 is 6.74. The minimum Gasteiger partial charge on any atom is -0.465 e. The summed E-state index contributed by atoms with van der Waals surface area (Å²) in [6.07, 6.45) is 0. The van der Waals surface area contributed by atoms with Gasteiger partial charge in [-0.3, -0.25) is 4.79 Å². The monoisotopic (exact) mass is 472 g/mol. The van der Waals surface area contributed by atoms with Crippen molar-refractivity contribution in [2.24, 2.45) is 7.05 Å². The standard InChI is InChI=1S/C23H28N4O3S2/c1-13-14(2)32-20(18(13)21(29)30-7)24-17(28)12-31-22-26-25-19(27(22)6)15-8-10-16(11-9-15)23(3,4)5/h8-11H,12H2,1-7H3,(H,24,28). The molecular weight excluding hydrogens is 444 g/mol. The molecule has 7 nitrogen and oxygen atoms in total. The zero-order valence-electron chi connectivity index (χ0n) is 19.4. The molecule has 9 heteroatoms. The molecule has 0 aliphatic rings. The zero-order valence-corrected chi connectivity index (χ0v) is 21.0. The molecule has 2 aromatic heterocycles. The SMILES string of the molecule is COC(=O)c1c(NC(=O)CSc2nnc(-c3ccc(C(C)(C)C)cc3)n2C)sc(C)c1C. The number of nitrogens with zero attached hydrogens (tertiary/aromatic N) is 3. The summed E-state index contributed by atoms with van der Waals surface area (Å²) in [5, 5.41) is 12.5. The Kier molecular flexibility index (Phi) is 7.09. The van der Waals surface area contributed by atoms with Gasteiger partial charge in [-0.05, 0) is 30.4 Å². The van der Waals surface area contributed by atoms with E-state index in [1.54, 1.807) is 0 Å². The fraction of sp³-hybridized carbons (Fsp3) is 0.391. The van der Waals surface area contributed by atoms with Gasteiger partial charge in [-0.2, -0.15) is 0 Å². The first-order chi connectivity index (χ1) is 15.0. The van der Waals surface area contributed by atoms with Crippen LogP contribution in [-0.4, -0.2) is 39.5 Å². The molecule has 0 radical (unpaired) electrons. The van der Waals surface area contributed by atoms with Crippen LogP contribution in [0.25, 0.3) is 11.4 Å². The van der Waals surface area contributed by atoms with Gasteiger partial charge in [0.15, 0.2) is 11.0 Å². The number of carbonyl (C=O) groups excluding carboxylic acids is 2. The van der Waals surface area contributed by atoms with Crippen LogP contribution in [0.15, 0.2) is 29.4 Å². The van der Waals surface area contributed by atoms with Gasteiger partial charge in [0.25, 0.3) is 0 Å². The van der Waals surface area contributed by atoms with Gasteiger partial charge < -0.3 is 14.6 Å². The maximum absolute atomic E-state index is 12.6. The third kappa shape index (κ3) is 5.05. The normalized spacial score (nSPS) is 11.5. The van der Waals surface area contributed by atoms with Crippen molar-refractivity contribution in [2.45, 2.75) is 45.2 Å². The number of amides is 1. The minimum absolute atomic E-state index is 0.0835. The number of ether oxygens (including phenoxy) is 1. The van der Waals surface area contributed by atoms with Gasteiger partial charge in [0.2, 0.25) is 5.91 Å². The molecule has 0 fully saturated rings. The molecule has 2 heterocycles. The summed E-state index contributed by atoms with van der Waals surface area (Å²) in [4.78, 5) is 25.6. The first-order valence-electron chi connectivity index (χ1n) is 10.1. The molecule has 0 aliphatic heterocycles. The van der Waals surface area contributed by atoms with Crippen LogP contribution < -0.4 is 5.32 Å². The lowest BCUT2D eigenvalue weighted by atomic mass is 9.87. The molecule has 0 bridgehead atoms. The van der Waals surface area contributed by atoms with Crippen LogP contribution in [0.3, 0.4) is 0 Å². The second kappa shape index (κ2) is 9.46. The second-order valence-corrected chi connectivity index (χ2v) is 10.7. The largest absolute Gasteiger partial charge is 0.465 e. The predicted molar refractivity (Wildman–Crippen MR) is 130 cm³/mol. The second-order valence-electron chi connectivity index (χ2n) is 8.51. The molecule has 0 spiro atoms. The van der Waals surface area contributed by atoms with Crippen molar-refractivity contribution in [2.75, 3.05) is 18.2 Å². The average molecular weight is 473 g/mol. The van der Waals surface area contributed by atoms with E-state index in [0.29, 0.717) is 15.7 Å². The van der Waals surface area contributed by atoms with E-state index >= 15 is 0 Å². The van der Waals surface area contributed by atoms with Crippen molar-refractivity contribution in [1.82, 2.24) is 14.8 Å². The van der Waals surface area contributed by atoms with E-state index in [0.717, 1.165) is 21.8 Å². The van der Waals surface area contributed by atoms with Crippen molar-refractivity contribution < 1.29 is 14.3 Å². The summed E-state index contributed by atoms with van der Waals surface area (Å²) in [5.41, 5.74) is 3.53. The number of aromatic nitrogens is 3. The first-order valence-corrected chi connectivity index (χ1v) is 11.9. The Morgan fingerprint density at radius 3 is 2.41 bits per heavy atom. The van der Waals surface area contributed by atoms with Crippen LogP contribution in [0.4, 0.5) is 5.00 Å². The number of hydrogen-bond donors (Lipinski definition) is 1. The number of methoxy groups -OCH3 is 1. The van der Waals surface area contributed by atoms with Crippen molar-refractivity contribution in [3.05, 3.63) is 45.8 Å². The van der Waals surface area contributed by atoms with E-state index in [9.17, 15) is 9.59 Å². The van der Waals surface area contributed by atoms with Gasteiger partial charge in [-0.25, -0.2) is 4.79 Å². The fourth-order valence-corrected chi connectivity index (χ4v) is 4.94. The summed E-state index contributed by atoms with van der Waals surface area (Å²) in [5.74, 6) is 0.211. The molecule has 0 saturated heterocycles. The molecule has 1 N–H and O–H groups in total. The molecular formula is C23H28N4O3S2. The molecule has 3 rings (SSSR count). The Morgan fingerprint density at radius 2 is 1.81 bits per heavy atom. The van der Waals surface area contributed by atoms with E-state index in [1.807, 2.05) is 37.6 Å². The Hall–Kier alpha value is -2.65. The molecule has 3 aromatic rings. The maximum Gasteiger partial charge on any atom is 0.341 e. The highest BCUT2D eigenvalue weighted by atomic mass is 32.2. The number of anilines is 1. The lowest BCUT2D eigenvalue weighted by Gasteiger charge is -2.19. The average Bonchev–Trinajstić information content (AvgIpc) is 3.24. The van der Waals surface area contributed by atoms with Gasteiger partial charge in [0.1, 0.15) is 5.00 Å². The van der Waals surface area contributed by atoms with Gasteiger partial charge in [0.05, 0.1) is 18.4 Å². The highest BCUT2D eigenvalue weighted by molar-refractivity contribution is 7.99. The smallest absolute Gasteiger partial charge is 0.341 e. The Balaban J connectivity index is 1.69. The minimum atomic E-state index is -0.453. The van der Waals surface area contributed by atoms with Crippen LogP contribution in [0.1, 0.15) is 47.1 Å². The fourth-order valence-electron chi connectivity index (χ4n) is 3.17. The number of aryl methyl sites for hydroxylation is 1. The van der Waals surface area contributed by atoms with Crippen molar-refractivity contribution in [1.29, 1.82) is 0 Å². The number of carbonyl (C=O) groups is 2. The summed E-state index contributed by atoms with van der Waals surface area (Å²) in [7, 11) is 3.22. The maximum atomic E-state index is 12.6. The molecule has 0 unspecified atom stereocenters. The molecule has 1 amide bonds. The van der Waals surface area contributed by atoms with Crippen LogP contribution in [0.2, 0.25) is 0 Å². The number of thioether (sulfide) groups is 1. The summed E-state index contributed by atoms with van der Waals surface area (Å²) in [6, 6.07) is 8.30. The number of esters is 1. The number of hydrogen-bond acceptors (Lipinski definition) is 7. The van der Waals surface area contributed by atoms with Crippen LogP contribution in [0.5, 0.6) is 0 Å². The van der Waals surface area contributed by atoms with Gasteiger partial charge in [-0.1, -0.05) is 56.8 Å². The Morgan fingerprint density at radius 1 is 1.16 bits per heavy atom. The predicted octanol–water partition coefficient (Wildman–Crippen LogP) is 4.98. The van der Waals surface area contributed by atoms with E-state index in [4.69, 9.17) is 4.74 Å². The Bertz CT molecular complexity index is 1140. The van der Waals surface area contributed by atoms with Crippen molar-refractivity contribution in [3.8, 4) is 11.4 Å². The summed E-state index contributed by atoms with van der Waals surface area (Å²) >= 11 is 2.66. The topological polar surface area (TPSA) is 86.1 Å². The number of nitrogens with one attached hydrogen (secondary N) is 1. The van der Waals surface area contributed by atoms with Crippen LogP contribution >= 0.6 is 23.1 Å². The van der Waals surface area contributed by atoms with E-state index < -0.39 is 5.97 Å². The third-order valence-corrected chi connectivity index (χ3v) is 7.35. The van der Waals surface area contributed by atoms with Crippen molar-refractivity contribution in [3.63, 3.8) is 0 Å². The lowest BCUT2D eigenvalue weighted by Crippen LogP contribution is -2.16. The van der Waals surface area contributed by atoms with Gasteiger partial charge in [-0.15, -0.1) is 21.5 Å². The highest BCUT2D eigenvalue weighted by Gasteiger charge is 2.22.